The third-order valence-corrected chi connectivity index (χ3v) is 3.77. The number of benzene rings is 1. The van der Waals surface area contributed by atoms with Gasteiger partial charge in [-0.2, -0.15) is 0 Å². The van der Waals surface area contributed by atoms with E-state index in [1.54, 1.807) is 4.90 Å². The number of nitrogens with two attached hydrogens (primary N) is 1. The lowest BCUT2D eigenvalue weighted by Gasteiger charge is -2.30. The Kier molecular flexibility index (Phi) is 4.83. The first-order valence-electron chi connectivity index (χ1n) is 7.39. The Bertz CT molecular complexity index is 528. The van der Waals surface area contributed by atoms with Crippen LogP contribution in [0, 0.1) is 5.92 Å². The topological polar surface area (TPSA) is 75.4 Å². The summed E-state index contributed by atoms with van der Waals surface area (Å²) < 4.78 is 0. The van der Waals surface area contributed by atoms with E-state index in [2.05, 4.69) is 11.4 Å². The van der Waals surface area contributed by atoms with E-state index in [-0.39, 0.29) is 6.03 Å². The maximum Gasteiger partial charge on any atom is 0.318 e. The zero-order valence-electron chi connectivity index (χ0n) is 12.6. The van der Waals surface area contributed by atoms with Crippen LogP contribution in [-0.4, -0.2) is 29.4 Å². The normalized spacial score (nSPS) is 15.5. The number of carbonyl (C=O) groups excluding carboxylic acids is 2. The second kappa shape index (κ2) is 6.61. The number of rotatable bonds is 4. The average molecular weight is 289 g/mol. The van der Waals surface area contributed by atoms with Gasteiger partial charge in [0.15, 0.2) is 0 Å². The van der Waals surface area contributed by atoms with Crippen molar-refractivity contribution >= 4 is 11.9 Å². The molecule has 1 aromatic rings. The molecule has 114 valence electrons. The Balaban J connectivity index is 1.99. The highest BCUT2D eigenvalue weighted by Gasteiger charge is 2.25. The highest BCUT2D eigenvalue weighted by atomic mass is 16.2. The predicted molar refractivity (Wildman–Crippen MR) is 81.5 cm³/mol. The van der Waals surface area contributed by atoms with Gasteiger partial charge in [-0.3, -0.25) is 4.79 Å². The van der Waals surface area contributed by atoms with Gasteiger partial charge in [0.05, 0.1) is 0 Å². The summed E-state index contributed by atoms with van der Waals surface area (Å²) in [5.74, 6) is -0.181. The smallest absolute Gasteiger partial charge is 0.318 e. The first-order chi connectivity index (χ1) is 9.97. The van der Waals surface area contributed by atoms with Gasteiger partial charge in [0, 0.05) is 13.1 Å². The second-order valence-corrected chi connectivity index (χ2v) is 5.97. The van der Waals surface area contributed by atoms with Crippen LogP contribution in [-0.2, 0) is 17.8 Å². The van der Waals surface area contributed by atoms with Gasteiger partial charge in [0.1, 0.15) is 6.04 Å². The van der Waals surface area contributed by atoms with Gasteiger partial charge in [0.25, 0.3) is 0 Å². The summed E-state index contributed by atoms with van der Waals surface area (Å²) in [7, 11) is 0. The third kappa shape index (κ3) is 3.97. The van der Waals surface area contributed by atoms with E-state index in [1.807, 2.05) is 32.0 Å². The van der Waals surface area contributed by atoms with E-state index in [4.69, 9.17) is 5.73 Å². The molecule has 3 amide bonds. The standard InChI is InChI=1S/C16H23N3O2/c1-11(2)9-14(15(17)20)18-16(21)19-8-7-12-5-3-4-6-13(12)10-19/h3-6,11,14H,7-10H2,1-2H3,(H2,17,20)(H,18,21). The van der Waals surface area contributed by atoms with Crippen LogP contribution < -0.4 is 11.1 Å². The quantitative estimate of drug-likeness (QED) is 0.884. The average Bonchev–Trinajstić information content (AvgIpc) is 2.45. The van der Waals surface area contributed by atoms with Crippen molar-refractivity contribution in [1.29, 1.82) is 0 Å². The first kappa shape index (κ1) is 15.4. The van der Waals surface area contributed by atoms with Crippen molar-refractivity contribution in [2.45, 2.75) is 39.3 Å². The van der Waals surface area contributed by atoms with Gasteiger partial charge in [-0.05, 0) is 29.9 Å². The molecule has 1 aliphatic rings. The minimum atomic E-state index is -0.602. The Morgan fingerprint density at radius 3 is 2.57 bits per heavy atom. The molecule has 1 atom stereocenters. The number of fused-ring (bicyclic) bond motifs is 1. The molecule has 2 rings (SSSR count). The fourth-order valence-electron chi connectivity index (χ4n) is 2.63. The molecule has 0 saturated carbocycles. The van der Waals surface area contributed by atoms with Crippen LogP contribution in [0.15, 0.2) is 24.3 Å². The molecule has 0 saturated heterocycles. The fraction of sp³-hybridized carbons (Fsp3) is 0.500. The minimum Gasteiger partial charge on any atom is -0.368 e. The lowest BCUT2D eigenvalue weighted by Crippen LogP contribution is -2.51. The summed E-state index contributed by atoms with van der Waals surface area (Å²) in [6.07, 6.45) is 1.40. The number of nitrogens with zero attached hydrogens (tertiary/aromatic N) is 1. The van der Waals surface area contributed by atoms with Crippen LogP contribution in [0.1, 0.15) is 31.4 Å². The third-order valence-electron chi connectivity index (χ3n) is 3.77. The largest absolute Gasteiger partial charge is 0.368 e. The zero-order valence-corrected chi connectivity index (χ0v) is 12.6. The summed E-state index contributed by atoms with van der Waals surface area (Å²) in [5, 5.41) is 2.76. The van der Waals surface area contributed by atoms with E-state index in [0.717, 1.165) is 6.42 Å². The molecule has 1 aromatic carbocycles. The highest BCUT2D eigenvalue weighted by Crippen LogP contribution is 2.18. The number of primary amides is 1. The van der Waals surface area contributed by atoms with Gasteiger partial charge in [0.2, 0.25) is 5.91 Å². The van der Waals surface area contributed by atoms with Crippen LogP contribution in [0.3, 0.4) is 0 Å². The summed E-state index contributed by atoms with van der Waals surface area (Å²) in [5.41, 5.74) is 7.82. The molecule has 5 nitrogen and oxygen atoms in total. The predicted octanol–water partition coefficient (Wildman–Crippen LogP) is 1.65. The van der Waals surface area contributed by atoms with E-state index in [9.17, 15) is 9.59 Å². The Morgan fingerprint density at radius 1 is 1.29 bits per heavy atom. The van der Waals surface area contributed by atoms with E-state index < -0.39 is 11.9 Å². The maximum absolute atomic E-state index is 12.3. The van der Waals surface area contributed by atoms with Gasteiger partial charge >= 0.3 is 6.03 Å². The van der Waals surface area contributed by atoms with Crippen LogP contribution in [0.25, 0.3) is 0 Å². The van der Waals surface area contributed by atoms with Crippen molar-refractivity contribution in [2.24, 2.45) is 11.7 Å². The molecule has 0 aromatic heterocycles. The summed E-state index contributed by atoms with van der Waals surface area (Å²) in [6.45, 7) is 5.24. The fourth-order valence-corrected chi connectivity index (χ4v) is 2.63. The van der Waals surface area contributed by atoms with Gasteiger partial charge in [-0.1, -0.05) is 38.1 Å². The van der Waals surface area contributed by atoms with Crippen LogP contribution in [0.4, 0.5) is 4.79 Å². The first-order valence-corrected chi connectivity index (χ1v) is 7.39. The Morgan fingerprint density at radius 2 is 1.95 bits per heavy atom. The van der Waals surface area contributed by atoms with Gasteiger partial charge in [-0.25, -0.2) is 4.79 Å². The number of nitrogens with one attached hydrogen (secondary N) is 1. The van der Waals surface area contributed by atoms with Crippen LogP contribution in [0.5, 0.6) is 0 Å². The molecule has 21 heavy (non-hydrogen) atoms. The summed E-state index contributed by atoms with van der Waals surface area (Å²) in [6, 6.07) is 7.30. The van der Waals surface area contributed by atoms with Crippen molar-refractivity contribution < 1.29 is 9.59 Å². The molecule has 0 bridgehead atoms. The number of urea groups is 1. The molecular weight excluding hydrogens is 266 g/mol. The van der Waals surface area contributed by atoms with Crippen LogP contribution in [0.2, 0.25) is 0 Å². The molecule has 0 aliphatic carbocycles. The number of carbonyl (C=O) groups is 2. The van der Waals surface area contributed by atoms with E-state index >= 15 is 0 Å². The van der Waals surface area contributed by atoms with Crippen molar-refractivity contribution in [2.75, 3.05) is 6.54 Å². The SMILES string of the molecule is CC(C)CC(NC(=O)N1CCc2ccccc2C1)C(N)=O. The molecule has 1 heterocycles. The molecular formula is C16H23N3O2. The van der Waals surface area contributed by atoms with E-state index in [1.165, 1.54) is 11.1 Å². The molecule has 3 N–H and O–H groups in total. The zero-order chi connectivity index (χ0) is 15.4. The molecule has 5 heteroatoms. The second-order valence-electron chi connectivity index (χ2n) is 5.97. The summed E-state index contributed by atoms with van der Waals surface area (Å²) in [4.78, 5) is 25.5. The Labute approximate surface area is 125 Å². The Hall–Kier alpha value is -2.04. The molecule has 0 spiro atoms. The lowest BCUT2D eigenvalue weighted by molar-refractivity contribution is -0.120. The van der Waals surface area contributed by atoms with E-state index in [0.29, 0.717) is 25.4 Å². The maximum atomic E-state index is 12.3. The summed E-state index contributed by atoms with van der Waals surface area (Å²) >= 11 is 0. The molecule has 1 unspecified atom stereocenters. The molecule has 0 fully saturated rings. The van der Waals surface area contributed by atoms with Gasteiger partial charge < -0.3 is 16.0 Å². The molecule has 0 radical (unpaired) electrons. The van der Waals surface area contributed by atoms with Crippen molar-refractivity contribution in [3.05, 3.63) is 35.4 Å². The van der Waals surface area contributed by atoms with Crippen LogP contribution >= 0.6 is 0 Å². The van der Waals surface area contributed by atoms with Crippen molar-refractivity contribution in [3.8, 4) is 0 Å². The number of hydrogen-bond donors (Lipinski definition) is 2. The lowest BCUT2D eigenvalue weighted by atomic mass is 10.00. The van der Waals surface area contributed by atoms with Gasteiger partial charge in [-0.15, -0.1) is 0 Å². The highest BCUT2D eigenvalue weighted by molar-refractivity contribution is 5.86. The number of hydrogen-bond acceptors (Lipinski definition) is 2. The number of amides is 3. The minimum absolute atomic E-state index is 0.214. The van der Waals surface area contributed by atoms with Crippen molar-refractivity contribution in [1.82, 2.24) is 10.2 Å². The van der Waals surface area contributed by atoms with Crippen molar-refractivity contribution in [3.63, 3.8) is 0 Å². The molecule has 1 aliphatic heterocycles. The monoisotopic (exact) mass is 289 g/mol.